The first kappa shape index (κ1) is 17.0. The summed E-state index contributed by atoms with van der Waals surface area (Å²) >= 11 is 1.58. The molecule has 6 nitrogen and oxygen atoms in total. The van der Waals surface area contributed by atoms with Gasteiger partial charge >= 0.3 is 0 Å². The Hall–Kier alpha value is -1.44. The summed E-state index contributed by atoms with van der Waals surface area (Å²) in [5.74, 6) is 0.0936. The van der Waals surface area contributed by atoms with Crippen LogP contribution >= 0.6 is 11.3 Å². The van der Waals surface area contributed by atoms with E-state index >= 15 is 0 Å². The average Bonchev–Trinajstić information content (AvgIpc) is 3.34. The van der Waals surface area contributed by atoms with Crippen molar-refractivity contribution >= 4 is 22.2 Å². The highest BCUT2D eigenvalue weighted by molar-refractivity contribution is 7.15. The van der Waals surface area contributed by atoms with Gasteiger partial charge in [0.15, 0.2) is 10.7 Å². The van der Waals surface area contributed by atoms with Crippen molar-refractivity contribution < 1.29 is 9.53 Å². The van der Waals surface area contributed by atoms with Gasteiger partial charge in [-0.1, -0.05) is 0 Å². The van der Waals surface area contributed by atoms with E-state index in [1.165, 1.54) is 6.42 Å². The molecule has 1 atom stereocenters. The first-order valence-corrected chi connectivity index (χ1v) is 10.1. The van der Waals surface area contributed by atoms with E-state index in [0.29, 0.717) is 18.3 Å². The molecule has 0 N–H and O–H groups in total. The first-order valence-electron chi connectivity index (χ1n) is 9.26. The maximum atomic E-state index is 13.0. The van der Waals surface area contributed by atoms with Crippen LogP contribution in [0.25, 0.3) is 4.96 Å². The predicted octanol–water partition coefficient (Wildman–Crippen LogP) is 2.63. The smallest absolute Gasteiger partial charge is 0.274 e. The molecule has 1 amide bonds. The zero-order chi connectivity index (χ0) is 17.2. The van der Waals surface area contributed by atoms with Crippen molar-refractivity contribution in [2.75, 3.05) is 33.3 Å². The summed E-state index contributed by atoms with van der Waals surface area (Å²) in [6, 6.07) is 0. The summed E-state index contributed by atoms with van der Waals surface area (Å²) in [6.45, 7) is 4.20. The number of carbonyl (C=O) groups excluding carboxylic acids is 1. The van der Waals surface area contributed by atoms with Crippen LogP contribution in [0.2, 0.25) is 0 Å². The normalized spacial score (nSPS) is 21.5. The first-order chi connectivity index (χ1) is 12.2. The minimum atomic E-state index is 0.0936. The molecule has 7 heteroatoms. The van der Waals surface area contributed by atoms with Crippen LogP contribution in [0.3, 0.4) is 0 Å². The molecule has 4 rings (SSSR count). The predicted molar refractivity (Wildman–Crippen MR) is 98.1 cm³/mol. The highest BCUT2D eigenvalue weighted by Crippen LogP contribution is 2.22. The lowest BCUT2D eigenvalue weighted by molar-refractivity contribution is 0.0711. The molecule has 2 aliphatic rings. The molecular weight excluding hydrogens is 336 g/mol. The number of thiazole rings is 1. The Labute approximate surface area is 152 Å². The molecule has 2 aliphatic heterocycles. The number of likely N-dealkylation sites (tertiary alicyclic amines) is 1. The number of imidazole rings is 1. The number of ether oxygens (including phenoxy) is 1. The van der Waals surface area contributed by atoms with E-state index < -0.39 is 0 Å². The molecule has 4 heterocycles. The lowest BCUT2D eigenvalue weighted by atomic mass is 10.1. The van der Waals surface area contributed by atoms with E-state index in [4.69, 9.17) is 4.74 Å². The second-order valence-electron chi connectivity index (χ2n) is 7.15. The number of hydrogen-bond donors (Lipinski definition) is 0. The minimum Gasteiger partial charge on any atom is -0.377 e. The Balaban J connectivity index is 1.55. The van der Waals surface area contributed by atoms with Crippen molar-refractivity contribution in [2.45, 2.75) is 44.8 Å². The van der Waals surface area contributed by atoms with E-state index in [9.17, 15) is 4.79 Å². The molecule has 0 spiro atoms. The molecule has 2 saturated heterocycles. The lowest BCUT2D eigenvalue weighted by Crippen LogP contribution is -2.37. The molecule has 2 aromatic heterocycles. The third-order valence-electron chi connectivity index (χ3n) is 5.17. The maximum Gasteiger partial charge on any atom is 0.274 e. The topological polar surface area (TPSA) is 50.1 Å². The number of fused-ring (bicyclic) bond motifs is 1. The Bertz CT molecular complexity index is 729. The summed E-state index contributed by atoms with van der Waals surface area (Å²) in [6.07, 6.45) is 8.04. The lowest BCUT2D eigenvalue weighted by Gasteiger charge is -2.27. The number of aromatic nitrogens is 2. The van der Waals surface area contributed by atoms with Gasteiger partial charge in [0.05, 0.1) is 11.8 Å². The van der Waals surface area contributed by atoms with Gasteiger partial charge in [0.25, 0.3) is 5.91 Å². The second-order valence-corrected chi connectivity index (χ2v) is 8.02. The third-order valence-corrected chi connectivity index (χ3v) is 5.92. The Kier molecular flexibility index (Phi) is 5.05. The molecule has 2 aromatic rings. The molecular formula is C18H26N4O2S. The Morgan fingerprint density at radius 1 is 1.36 bits per heavy atom. The van der Waals surface area contributed by atoms with Gasteiger partial charge in [-0.15, -0.1) is 11.3 Å². The number of rotatable bonds is 5. The van der Waals surface area contributed by atoms with Crippen molar-refractivity contribution in [1.82, 2.24) is 19.2 Å². The number of likely N-dealkylation sites (N-methyl/N-ethyl adjacent to an activating group) is 1. The average molecular weight is 362 g/mol. The van der Waals surface area contributed by atoms with Crippen LogP contribution in [0.4, 0.5) is 0 Å². The van der Waals surface area contributed by atoms with Crippen molar-refractivity contribution in [3.8, 4) is 0 Å². The Morgan fingerprint density at radius 2 is 2.20 bits per heavy atom. The molecule has 0 aliphatic carbocycles. The molecule has 0 radical (unpaired) electrons. The number of carbonyl (C=O) groups is 1. The summed E-state index contributed by atoms with van der Waals surface area (Å²) in [7, 11) is 2.10. The van der Waals surface area contributed by atoms with Gasteiger partial charge in [-0.3, -0.25) is 14.1 Å². The number of nitrogens with zero attached hydrogens (tertiary/aromatic N) is 4. The van der Waals surface area contributed by atoms with Crippen molar-refractivity contribution in [3.63, 3.8) is 0 Å². The van der Waals surface area contributed by atoms with Crippen molar-refractivity contribution in [2.24, 2.45) is 0 Å². The number of hydrogen-bond acceptors (Lipinski definition) is 5. The molecule has 2 fully saturated rings. The van der Waals surface area contributed by atoms with Crippen LogP contribution in [0, 0.1) is 0 Å². The van der Waals surface area contributed by atoms with Crippen LogP contribution in [0.15, 0.2) is 11.6 Å². The second kappa shape index (κ2) is 7.43. The van der Waals surface area contributed by atoms with Crippen LogP contribution in [0.1, 0.15) is 48.3 Å². The summed E-state index contributed by atoms with van der Waals surface area (Å²) in [4.78, 5) is 22.8. The monoisotopic (exact) mass is 362 g/mol. The highest BCUT2D eigenvalue weighted by atomic mass is 32.1. The summed E-state index contributed by atoms with van der Waals surface area (Å²) in [5, 5.41) is 2.03. The largest absolute Gasteiger partial charge is 0.377 e. The van der Waals surface area contributed by atoms with Crippen LogP contribution in [-0.2, 0) is 11.3 Å². The molecule has 136 valence electrons. The zero-order valence-corrected chi connectivity index (χ0v) is 15.6. The molecule has 0 aromatic carbocycles. The van der Waals surface area contributed by atoms with Gasteiger partial charge in [-0.2, -0.15) is 0 Å². The van der Waals surface area contributed by atoms with Crippen LogP contribution in [0.5, 0.6) is 0 Å². The third kappa shape index (κ3) is 3.59. The van der Waals surface area contributed by atoms with E-state index in [1.54, 1.807) is 11.3 Å². The fraction of sp³-hybridized carbons (Fsp3) is 0.667. The molecule has 0 unspecified atom stereocenters. The number of piperidine rings is 1. The maximum absolute atomic E-state index is 13.0. The fourth-order valence-corrected chi connectivity index (χ4v) is 4.59. The number of amides is 1. The van der Waals surface area contributed by atoms with Gasteiger partial charge in [0.1, 0.15) is 0 Å². The van der Waals surface area contributed by atoms with Gasteiger partial charge < -0.3 is 9.64 Å². The fourth-order valence-electron chi connectivity index (χ4n) is 3.86. The van der Waals surface area contributed by atoms with Crippen molar-refractivity contribution in [1.29, 1.82) is 0 Å². The van der Waals surface area contributed by atoms with Gasteiger partial charge in [-0.25, -0.2) is 4.98 Å². The van der Waals surface area contributed by atoms with Crippen molar-refractivity contribution in [3.05, 3.63) is 23.0 Å². The zero-order valence-electron chi connectivity index (χ0n) is 14.8. The minimum absolute atomic E-state index is 0.0936. The SMILES string of the molecule is CN(Cc1c(C(=O)N2CCCCC2)nc2sccn12)C[C@@H]1CCCO1. The quantitative estimate of drug-likeness (QED) is 0.820. The van der Waals surface area contributed by atoms with Gasteiger partial charge in [-0.05, 0) is 39.2 Å². The van der Waals surface area contributed by atoms with Crippen LogP contribution < -0.4 is 0 Å². The van der Waals surface area contributed by atoms with E-state index in [2.05, 4.69) is 21.3 Å². The van der Waals surface area contributed by atoms with E-state index in [1.807, 2.05) is 16.5 Å². The van der Waals surface area contributed by atoms with Gasteiger partial charge in [0, 0.05) is 44.4 Å². The molecule has 0 bridgehead atoms. The van der Waals surface area contributed by atoms with E-state index in [-0.39, 0.29) is 5.91 Å². The molecule has 25 heavy (non-hydrogen) atoms. The highest BCUT2D eigenvalue weighted by Gasteiger charge is 2.27. The summed E-state index contributed by atoms with van der Waals surface area (Å²) in [5.41, 5.74) is 1.64. The Morgan fingerprint density at radius 3 is 2.96 bits per heavy atom. The standard InChI is InChI=1S/C18H26N4O2S/c1-20(12-14-6-5-10-24-14)13-15-16(19-18-22(15)9-11-25-18)17(23)21-7-3-2-4-8-21/h9,11,14H,2-8,10,12-13H2,1H3/t14-/m0/s1. The van der Waals surface area contributed by atoms with E-state index in [0.717, 1.165) is 62.6 Å². The summed E-state index contributed by atoms with van der Waals surface area (Å²) < 4.78 is 7.83. The molecule has 0 saturated carbocycles. The van der Waals surface area contributed by atoms with Gasteiger partial charge in [0.2, 0.25) is 0 Å². The van der Waals surface area contributed by atoms with Crippen LogP contribution in [-0.4, -0.2) is 64.5 Å².